The van der Waals surface area contributed by atoms with Crippen molar-refractivity contribution in [2.24, 2.45) is 0 Å². The molecule has 1 nitrogen and oxygen atoms in total. The van der Waals surface area contributed by atoms with Gasteiger partial charge in [-0.25, -0.2) is 0 Å². The minimum atomic E-state index is 0. The third kappa shape index (κ3) is 22.9. The van der Waals surface area contributed by atoms with Crippen LogP contribution in [0.2, 0.25) is 0 Å². The molecule has 0 aliphatic heterocycles. The van der Waals surface area contributed by atoms with Crippen molar-refractivity contribution in [3.05, 3.63) is 0 Å². The fourth-order valence-corrected chi connectivity index (χ4v) is 0. The van der Waals surface area contributed by atoms with Gasteiger partial charge in [0.1, 0.15) is 0 Å². The molecule has 0 saturated heterocycles. The molecular formula is H5AlOSiTiZr. The normalized spacial score (nSPS) is 0.600. The molecule has 0 fully saturated rings. The molecule has 0 unspecified atom stereocenters. The van der Waals surface area contributed by atoms with Gasteiger partial charge in [0.2, 0.25) is 0 Å². The van der Waals surface area contributed by atoms with Crippen LogP contribution in [0.5, 0.6) is 0 Å². The minimum Gasteiger partial charge on any atom is -0.0149 e. The molecule has 0 N–H and O–H groups in total. The van der Waals surface area contributed by atoms with E-state index in [1.165, 1.54) is 0 Å². The fourth-order valence-electron chi connectivity index (χ4n) is 0. The summed E-state index contributed by atoms with van der Waals surface area (Å²) < 4.78 is 8.28. The zero-order valence-corrected chi connectivity index (χ0v) is 7.55. The van der Waals surface area contributed by atoms with Crippen LogP contribution >= 0.6 is 0 Å². The first-order chi connectivity index (χ1) is 1.00. The second-order valence-electron chi connectivity index (χ2n) is 0. The maximum Gasteiger partial charge on any atom is 0 e. The van der Waals surface area contributed by atoms with E-state index in [0.29, 0.717) is 16.2 Å². The Bertz CT molecular complexity index is 11.6. The SMILES string of the molecule is [O]=[AlH].[SiH4].[Ti].[Zr]. The van der Waals surface area contributed by atoms with Crippen LogP contribution in [0.25, 0.3) is 0 Å². The predicted octanol–water partition coefficient (Wildman–Crippen LogP) is -2.22. The van der Waals surface area contributed by atoms with E-state index in [-0.39, 0.29) is 58.9 Å². The maximum absolute atomic E-state index is 8.28. The van der Waals surface area contributed by atoms with Gasteiger partial charge >= 0.3 is 20.0 Å². The summed E-state index contributed by atoms with van der Waals surface area (Å²) in [6, 6.07) is 0. The van der Waals surface area contributed by atoms with Crippen molar-refractivity contribution in [1.82, 2.24) is 0 Å². The summed E-state index contributed by atoms with van der Waals surface area (Å²) >= 11 is 0.611. The van der Waals surface area contributed by atoms with E-state index >= 15 is 0 Å². The molecule has 0 spiro atoms. The summed E-state index contributed by atoms with van der Waals surface area (Å²) in [6.45, 7) is 0. The van der Waals surface area contributed by atoms with Crippen molar-refractivity contribution >= 4 is 27.2 Å². The van der Waals surface area contributed by atoms with Crippen LogP contribution in [0.1, 0.15) is 0 Å². The first-order valence-corrected chi connectivity index (χ1v) is 0.866. The van der Waals surface area contributed by atoms with Gasteiger partial charge in [-0.1, -0.05) is 0 Å². The molecule has 0 aromatic heterocycles. The van der Waals surface area contributed by atoms with Gasteiger partial charge in [0.05, 0.1) is 0 Å². The van der Waals surface area contributed by atoms with Crippen LogP contribution in [0.4, 0.5) is 0 Å². The van der Waals surface area contributed by atoms with Gasteiger partial charge in [0.15, 0.2) is 0 Å². The second-order valence-corrected chi connectivity index (χ2v) is 0. The molecule has 0 aromatic carbocycles. The van der Waals surface area contributed by atoms with Crippen LogP contribution < -0.4 is 0 Å². The van der Waals surface area contributed by atoms with Crippen molar-refractivity contribution in [2.75, 3.05) is 0 Å². The van der Waals surface area contributed by atoms with Crippen LogP contribution in [0.3, 0.4) is 0 Å². The van der Waals surface area contributed by atoms with E-state index in [1.54, 1.807) is 0 Å². The Kier molecular flexibility index (Phi) is 193. The molecule has 0 bridgehead atoms. The van der Waals surface area contributed by atoms with Gasteiger partial charge in [0.25, 0.3) is 0 Å². The predicted molar refractivity (Wildman–Crippen MR) is 19.2 cm³/mol. The van der Waals surface area contributed by atoms with Crippen LogP contribution in [0, 0.1) is 0 Å². The molecule has 0 radical (unpaired) electrons. The van der Waals surface area contributed by atoms with E-state index in [1.807, 2.05) is 0 Å². The van der Waals surface area contributed by atoms with Gasteiger partial charge in [-0.15, -0.1) is 0 Å². The Hall–Kier alpha value is 2.15. The van der Waals surface area contributed by atoms with E-state index in [9.17, 15) is 0 Å². The van der Waals surface area contributed by atoms with E-state index in [0.717, 1.165) is 0 Å². The molecule has 5 heavy (non-hydrogen) atoms. The Morgan fingerprint density at radius 3 is 1.20 bits per heavy atom. The smallest absolute Gasteiger partial charge is 0 e. The second kappa shape index (κ2) is 35.3. The van der Waals surface area contributed by atoms with Crippen molar-refractivity contribution < 1.29 is 51.7 Å². The summed E-state index contributed by atoms with van der Waals surface area (Å²) in [5.74, 6) is 0. The molecule has 0 heterocycles. The van der Waals surface area contributed by atoms with Crippen molar-refractivity contribution in [3.63, 3.8) is 0 Å². The van der Waals surface area contributed by atoms with Crippen molar-refractivity contribution in [2.45, 2.75) is 0 Å². The molecule has 5 heteroatoms. The molecule has 0 rings (SSSR count). The van der Waals surface area contributed by atoms with E-state index in [2.05, 4.69) is 0 Å². The van der Waals surface area contributed by atoms with E-state index < -0.39 is 0 Å². The zero-order chi connectivity index (χ0) is 2.00. The summed E-state index contributed by atoms with van der Waals surface area (Å²) in [5, 5.41) is 0. The number of hydrogen-bond donors (Lipinski definition) is 0. The Balaban J connectivity index is -0.00000000167. The molecule has 0 aliphatic carbocycles. The fraction of sp³-hybridized carbons (Fsp3) is 0. The average Bonchev–Trinajstić information content (AvgIpc) is 1.00. The van der Waals surface area contributed by atoms with Gasteiger partial charge in [-0.3, -0.25) is 0 Å². The zero-order valence-electron chi connectivity index (χ0n) is 2.12. The Morgan fingerprint density at radius 1 is 1.20 bits per heavy atom. The van der Waals surface area contributed by atoms with Crippen LogP contribution in [0.15, 0.2) is 0 Å². The molecule has 0 atom stereocenters. The summed E-state index contributed by atoms with van der Waals surface area (Å²) in [6.07, 6.45) is 0. The summed E-state index contributed by atoms with van der Waals surface area (Å²) in [5.41, 5.74) is 0. The van der Waals surface area contributed by atoms with Crippen LogP contribution in [-0.2, 0) is 51.7 Å². The Morgan fingerprint density at radius 2 is 1.20 bits per heavy atom. The molecule has 26 valence electrons. The van der Waals surface area contributed by atoms with Gasteiger partial charge in [-0.05, 0) is 11.0 Å². The van der Waals surface area contributed by atoms with Gasteiger partial charge < -0.3 is 0 Å². The largest absolute Gasteiger partial charge is 0.0149 e. The molecule has 0 saturated carbocycles. The number of hydrogen-bond acceptors (Lipinski definition) is 1. The van der Waals surface area contributed by atoms with E-state index in [4.69, 9.17) is 3.80 Å². The minimum absolute atomic E-state index is 0. The first-order valence-electron chi connectivity index (χ1n) is 0.289. The molecule has 0 aliphatic rings. The summed E-state index contributed by atoms with van der Waals surface area (Å²) in [7, 11) is 0. The third-order valence-corrected chi connectivity index (χ3v) is 0. The maximum atomic E-state index is 8.28. The first kappa shape index (κ1) is 27.3. The number of rotatable bonds is 0. The monoisotopic (exact) mass is 214 g/mol. The van der Waals surface area contributed by atoms with Crippen LogP contribution in [-0.4, -0.2) is 27.2 Å². The van der Waals surface area contributed by atoms with Crippen molar-refractivity contribution in [3.8, 4) is 0 Å². The average molecular weight is 215 g/mol. The van der Waals surface area contributed by atoms with Crippen molar-refractivity contribution in [1.29, 1.82) is 0 Å². The molecule has 0 amide bonds. The Labute approximate surface area is 77.9 Å². The quantitative estimate of drug-likeness (QED) is 0.418. The third-order valence-electron chi connectivity index (χ3n) is 0. The topological polar surface area (TPSA) is 17.1 Å². The molecule has 0 aromatic rings. The van der Waals surface area contributed by atoms with Gasteiger partial charge in [-0.2, -0.15) is 0 Å². The molecular weight excluding hydrogens is 210 g/mol. The standard InChI is InChI=1S/Al.O.H4Si.Ti.Zr.H/h;;1H4;;;. The summed E-state index contributed by atoms with van der Waals surface area (Å²) in [4.78, 5) is 0. The van der Waals surface area contributed by atoms with Gasteiger partial charge in [0, 0.05) is 47.9 Å².